The summed E-state index contributed by atoms with van der Waals surface area (Å²) in [6.07, 6.45) is 3.66. The van der Waals surface area contributed by atoms with E-state index in [1.807, 2.05) is 17.0 Å². The lowest BCUT2D eigenvalue weighted by molar-refractivity contribution is -0.132. The lowest BCUT2D eigenvalue weighted by atomic mass is 10.1. The van der Waals surface area contributed by atoms with Crippen LogP contribution in [0.4, 0.5) is 0 Å². The van der Waals surface area contributed by atoms with Gasteiger partial charge in [0.25, 0.3) is 0 Å². The van der Waals surface area contributed by atoms with Crippen molar-refractivity contribution in [3.8, 4) is 0 Å². The Morgan fingerprint density at radius 1 is 1.18 bits per heavy atom. The summed E-state index contributed by atoms with van der Waals surface area (Å²) >= 11 is 0. The number of benzene rings is 1. The largest absolute Gasteiger partial charge is 0.334 e. The highest BCUT2D eigenvalue weighted by molar-refractivity contribution is 5.77. The first-order valence-corrected chi connectivity index (χ1v) is 6.09. The number of fused-ring (bicyclic) bond motifs is 1. The number of nitrogens with zero attached hydrogens (tertiary/aromatic N) is 1. The third-order valence-corrected chi connectivity index (χ3v) is 3.16. The molecule has 0 radical (unpaired) electrons. The van der Waals surface area contributed by atoms with Gasteiger partial charge < -0.3 is 9.69 Å². The molecule has 3 heteroatoms. The van der Waals surface area contributed by atoms with Gasteiger partial charge in [-0.25, -0.2) is 0 Å². The van der Waals surface area contributed by atoms with E-state index in [-0.39, 0.29) is 5.91 Å². The number of hydrogen-bond donors (Lipinski definition) is 0. The second kappa shape index (κ2) is 5.62. The van der Waals surface area contributed by atoms with Crippen LogP contribution in [-0.2, 0) is 22.7 Å². The van der Waals surface area contributed by atoms with Gasteiger partial charge in [-0.15, -0.1) is 0 Å². The Morgan fingerprint density at radius 2 is 1.82 bits per heavy atom. The molecule has 17 heavy (non-hydrogen) atoms. The van der Waals surface area contributed by atoms with E-state index in [1.54, 1.807) is 0 Å². The van der Waals surface area contributed by atoms with Crippen LogP contribution < -0.4 is 0 Å². The minimum Gasteiger partial charge on any atom is -0.334 e. The zero-order chi connectivity index (χ0) is 12.1. The fourth-order valence-corrected chi connectivity index (χ4v) is 2.17. The number of unbranched alkanes of at least 4 members (excludes halogenated alkanes) is 2. The molecule has 0 N–H and O–H groups in total. The van der Waals surface area contributed by atoms with Gasteiger partial charge >= 0.3 is 0 Å². The summed E-state index contributed by atoms with van der Waals surface area (Å²) in [5.41, 5.74) is 2.52. The molecular weight excluding hydrogens is 214 g/mol. The lowest BCUT2D eigenvalue weighted by Gasteiger charge is -2.14. The second-order valence-electron chi connectivity index (χ2n) is 4.43. The van der Waals surface area contributed by atoms with Crippen LogP contribution in [0, 0.1) is 0 Å². The van der Waals surface area contributed by atoms with E-state index >= 15 is 0 Å². The summed E-state index contributed by atoms with van der Waals surface area (Å²) in [5, 5.41) is 0. The van der Waals surface area contributed by atoms with Gasteiger partial charge in [0.2, 0.25) is 5.91 Å². The summed E-state index contributed by atoms with van der Waals surface area (Å²) in [5.74, 6) is 0.201. The minimum atomic E-state index is 0.201. The van der Waals surface area contributed by atoms with Crippen LogP contribution in [0.2, 0.25) is 0 Å². The third-order valence-electron chi connectivity index (χ3n) is 3.16. The zero-order valence-corrected chi connectivity index (χ0v) is 9.89. The van der Waals surface area contributed by atoms with Crippen molar-refractivity contribution in [2.45, 2.75) is 38.8 Å². The summed E-state index contributed by atoms with van der Waals surface area (Å²) in [7, 11) is 0. The van der Waals surface area contributed by atoms with Crippen LogP contribution >= 0.6 is 0 Å². The normalized spacial score (nSPS) is 13.5. The van der Waals surface area contributed by atoms with Gasteiger partial charge in [0.05, 0.1) is 0 Å². The Kier molecular flexibility index (Phi) is 3.91. The van der Waals surface area contributed by atoms with E-state index in [9.17, 15) is 9.59 Å². The van der Waals surface area contributed by atoms with Crippen LogP contribution in [0.3, 0.4) is 0 Å². The first-order chi connectivity index (χ1) is 8.31. The van der Waals surface area contributed by atoms with Gasteiger partial charge in [0.15, 0.2) is 0 Å². The number of aldehydes is 1. The van der Waals surface area contributed by atoms with Crippen LogP contribution in [0.15, 0.2) is 24.3 Å². The molecule has 1 aliphatic heterocycles. The predicted molar refractivity (Wildman–Crippen MR) is 65.2 cm³/mol. The summed E-state index contributed by atoms with van der Waals surface area (Å²) in [4.78, 5) is 24.0. The third kappa shape index (κ3) is 2.93. The molecule has 0 fully saturated rings. The van der Waals surface area contributed by atoms with Crippen molar-refractivity contribution in [3.63, 3.8) is 0 Å². The molecular formula is C14H17NO2. The van der Waals surface area contributed by atoms with E-state index in [0.717, 1.165) is 32.2 Å². The van der Waals surface area contributed by atoms with Crippen molar-refractivity contribution in [1.29, 1.82) is 0 Å². The highest BCUT2D eigenvalue weighted by atomic mass is 16.2. The SMILES string of the molecule is O=CCCCCC(=O)N1Cc2ccccc2C1. The first-order valence-electron chi connectivity index (χ1n) is 6.09. The Morgan fingerprint density at radius 3 is 2.41 bits per heavy atom. The Hall–Kier alpha value is -1.64. The van der Waals surface area contributed by atoms with Crippen LogP contribution in [0.1, 0.15) is 36.8 Å². The maximum absolute atomic E-state index is 11.9. The first kappa shape index (κ1) is 11.8. The molecule has 1 aromatic rings. The van der Waals surface area contributed by atoms with Gasteiger partial charge in [-0.05, 0) is 24.0 Å². The van der Waals surface area contributed by atoms with E-state index in [4.69, 9.17) is 0 Å². The average Bonchev–Trinajstić information content (AvgIpc) is 2.78. The van der Waals surface area contributed by atoms with Gasteiger partial charge in [-0.2, -0.15) is 0 Å². The Bertz CT molecular complexity index is 389. The van der Waals surface area contributed by atoms with E-state index in [1.165, 1.54) is 11.1 Å². The number of carbonyl (C=O) groups is 2. The fourth-order valence-electron chi connectivity index (χ4n) is 2.17. The number of hydrogen-bond acceptors (Lipinski definition) is 2. The van der Waals surface area contributed by atoms with Crippen LogP contribution in [-0.4, -0.2) is 17.1 Å². The zero-order valence-electron chi connectivity index (χ0n) is 9.89. The van der Waals surface area contributed by atoms with Gasteiger partial charge in [-0.1, -0.05) is 24.3 Å². The van der Waals surface area contributed by atoms with Crippen molar-refractivity contribution in [2.24, 2.45) is 0 Å². The van der Waals surface area contributed by atoms with Crippen molar-refractivity contribution in [2.75, 3.05) is 0 Å². The maximum atomic E-state index is 11.9. The lowest BCUT2D eigenvalue weighted by Crippen LogP contribution is -2.24. The van der Waals surface area contributed by atoms with Crippen molar-refractivity contribution in [3.05, 3.63) is 35.4 Å². The molecule has 2 rings (SSSR count). The molecule has 0 saturated carbocycles. The highest BCUT2D eigenvalue weighted by Gasteiger charge is 2.21. The smallest absolute Gasteiger partial charge is 0.223 e. The molecule has 0 unspecified atom stereocenters. The molecule has 0 spiro atoms. The quantitative estimate of drug-likeness (QED) is 0.576. The molecule has 0 atom stereocenters. The summed E-state index contributed by atoms with van der Waals surface area (Å²) < 4.78 is 0. The molecule has 1 aliphatic rings. The molecule has 1 heterocycles. The van der Waals surface area contributed by atoms with Crippen LogP contribution in [0.5, 0.6) is 0 Å². The highest BCUT2D eigenvalue weighted by Crippen LogP contribution is 2.23. The van der Waals surface area contributed by atoms with Crippen molar-refractivity contribution in [1.82, 2.24) is 4.90 Å². The molecule has 1 amide bonds. The number of carbonyl (C=O) groups excluding carboxylic acids is 2. The van der Waals surface area contributed by atoms with Gasteiger partial charge in [-0.3, -0.25) is 4.79 Å². The van der Waals surface area contributed by atoms with Crippen molar-refractivity contribution < 1.29 is 9.59 Å². The molecule has 3 nitrogen and oxygen atoms in total. The predicted octanol–water partition coefficient (Wildman–Crippen LogP) is 2.29. The molecule has 0 aliphatic carbocycles. The van der Waals surface area contributed by atoms with E-state index in [2.05, 4.69) is 12.1 Å². The van der Waals surface area contributed by atoms with E-state index < -0.39 is 0 Å². The minimum absolute atomic E-state index is 0.201. The molecule has 0 saturated heterocycles. The Balaban J connectivity index is 1.82. The topological polar surface area (TPSA) is 37.4 Å². The fraction of sp³-hybridized carbons (Fsp3) is 0.429. The Labute approximate surface area is 101 Å². The summed E-state index contributed by atoms with van der Waals surface area (Å²) in [6.45, 7) is 1.48. The van der Waals surface area contributed by atoms with Crippen LogP contribution in [0.25, 0.3) is 0 Å². The number of amides is 1. The standard InChI is InChI=1S/C14H17NO2/c16-9-5-1-2-8-14(17)15-10-12-6-3-4-7-13(12)11-15/h3-4,6-7,9H,1-2,5,8,10-11H2. The van der Waals surface area contributed by atoms with E-state index in [0.29, 0.717) is 12.8 Å². The molecule has 1 aromatic carbocycles. The van der Waals surface area contributed by atoms with Gasteiger partial charge in [0, 0.05) is 25.9 Å². The molecule has 90 valence electrons. The molecule has 0 bridgehead atoms. The second-order valence-corrected chi connectivity index (χ2v) is 4.43. The average molecular weight is 231 g/mol. The number of rotatable bonds is 5. The van der Waals surface area contributed by atoms with Gasteiger partial charge in [0.1, 0.15) is 6.29 Å². The maximum Gasteiger partial charge on any atom is 0.223 e. The van der Waals surface area contributed by atoms with Crippen molar-refractivity contribution >= 4 is 12.2 Å². The monoisotopic (exact) mass is 231 g/mol. The molecule has 0 aromatic heterocycles. The summed E-state index contributed by atoms with van der Waals surface area (Å²) in [6, 6.07) is 8.18.